The van der Waals surface area contributed by atoms with Gasteiger partial charge in [-0.25, -0.2) is 5.43 Å². The van der Waals surface area contributed by atoms with Crippen LogP contribution in [0.2, 0.25) is 10.0 Å². The van der Waals surface area contributed by atoms with Crippen molar-refractivity contribution in [2.45, 2.75) is 52.4 Å². The highest BCUT2D eigenvalue weighted by atomic mass is 35.5. The maximum atomic E-state index is 11.7. The molecule has 3 nitrogen and oxygen atoms in total. The Labute approximate surface area is 136 Å². The first-order chi connectivity index (χ1) is 10.1. The molecule has 0 radical (unpaired) electrons. The van der Waals surface area contributed by atoms with Crippen molar-refractivity contribution in [2.24, 2.45) is 5.10 Å². The second kappa shape index (κ2) is 9.80. The molecule has 5 heteroatoms. The minimum Gasteiger partial charge on any atom is -0.273 e. The third kappa shape index (κ3) is 6.49. The van der Waals surface area contributed by atoms with Crippen LogP contribution in [0.5, 0.6) is 0 Å². The maximum Gasteiger partial charge on any atom is 0.240 e. The van der Waals surface area contributed by atoms with Gasteiger partial charge < -0.3 is 0 Å². The molecule has 1 aromatic carbocycles. The SMILES string of the molecule is CCCCCCC(=O)N/N=C(/CC)c1ccc(Cl)cc1Cl. The van der Waals surface area contributed by atoms with Crippen LogP contribution in [0.25, 0.3) is 0 Å². The van der Waals surface area contributed by atoms with Crippen molar-refractivity contribution in [3.05, 3.63) is 33.8 Å². The summed E-state index contributed by atoms with van der Waals surface area (Å²) in [5.41, 5.74) is 4.16. The highest BCUT2D eigenvalue weighted by molar-refractivity contribution is 6.37. The van der Waals surface area contributed by atoms with E-state index in [-0.39, 0.29) is 5.91 Å². The predicted octanol–water partition coefficient (Wildman–Crippen LogP) is 5.19. The Kier molecular flexibility index (Phi) is 8.40. The van der Waals surface area contributed by atoms with Gasteiger partial charge in [-0.1, -0.05) is 62.4 Å². The van der Waals surface area contributed by atoms with Crippen LogP contribution in [-0.4, -0.2) is 11.6 Å². The van der Waals surface area contributed by atoms with Gasteiger partial charge in [0.1, 0.15) is 0 Å². The van der Waals surface area contributed by atoms with Crippen LogP contribution in [0.15, 0.2) is 23.3 Å². The lowest BCUT2D eigenvalue weighted by atomic mass is 10.1. The van der Waals surface area contributed by atoms with Crippen LogP contribution in [0.3, 0.4) is 0 Å². The van der Waals surface area contributed by atoms with E-state index in [1.165, 1.54) is 0 Å². The molecule has 1 rings (SSSR count). The van der Waals surface area contributed by atoms with Gasteiger partial charge in [0.15, 0.2) is 0 Å². The average molecular weight is 329 g/mol. The largest absolute Gasteiger partial charge is 0.273 e. The summed E-state index contributed by atoms with van der Waals surface area (Å²) in [6.07, 6.45) is 5.49. The molecule has 0 fully saturated rings. The summed E-state index contributed by atoms with van der Waals surface area (Å²) in [6, 6.07) is 5.26. The van der Waals surface area contributed by atoms with E-state index < -0.39 is 0 Å². The molecule has 0 aromatic heterocycles. The maximum absolute atomic E-state index is 11.7. The van der Waals surface area contributed by atoms with Crippen LogP contribution < -0.4 is 5.43 Å². The van der Waals surface area contributed by atoms with Crippen molar-refractivity contribution in [3.63, 3.8) is 0 Å². The van der Waals surface area contributed by atoms with E-state index in [0.717, 1.165) is 37.0 Å². The zero-order chi connectivity index (χ0) is 15.7. The van der Waals surface area contributed by atoms with Crippen LogP contribution >= 0.6 is 23.2 Å². The van der Waals surface area contributed by atoms with Gasteiger partial charge in [-0.05, 0) is 25.0 Å². The molecule has 21 heavy (non-hydrogen) atoms. The molecular weight excluding hydrogens is 307 g/mol. The number of hydrogen-bond acceptors (Lipinski definition) is 2. The molecule has 0 saturated carbocycles. The Morgan fingerprint density at radius 1 is 1.19 bits per heavy atom. The van der Waals surface area contributed by atoms with Gasteiger partial charge in [-0.3, -0.25) is 4.79 Å². The van der Waals surface area contributed by atoms with E-state index in [1.54, 1.807) is 12.1 Å². The third-order valence-corrected chi connectivity index (χ3v) is 3.70. The number of benzene rings is 1. The van der Waals surface area contributed by atoms with Gasteiger partial charge in [0.05, 0.1) is 10.7 Å². The van der Waals surface area contributed by atoms with E-state index in [2.05, 4.69) is 17.5 Å². The van der Waals surface area contributed by atoms with Gasteiger partial charge in [-0.15, -0.1) is 0 Å². The number of hydrogen-bond donors (Lipinski definition) is 1. The molecule has 0 atom stereocenters. The van der Waals surface area contributed by atoms with E-state index >= 15 is 0 Å². The number of nitrogens with zero attached hydrogens (tertiary/aromatic N) is 1. The zero-order valence-corrected chi connectivity index (χ0v) is 14.1. The fraction of sp³-hybridized carbons (Fsp3) is 0.500. The summed E-state index contributed by atoms with van der Waals surface area (Å²) < 4.78 is 0. The molecule has 1 N–H and O–H groups in total. The van der Waals surface area contributed by atoms with Crippen molar-refractivity contribution in [1.82, 2.24) is 5.43 Å². The smallest absolute Gasteiger partial charge is 0.240 e. The molecule has 0 aliphatic rings. The molecule has 116 valence electrons. The lowest BCUT2D eigenvalue weighted by molar-refractivity contribution is -0.121. The molecule has 0 heterocycles. The normalized spacial score (nSPS) is 11.5. The summed E-state index contributed by atoms with van der Waals surface area (Å²) in [6.45, 7) is 4.12. The van der Waals surface area contributed by atoms with Crippen LogP contribution in [0, 0.1) is 0 Å². The van der Waals surface area contributed by atoms with Gasteiger partial charge >= 0.3 is 0 Å². The van der Waals surface area contributed by atoms with Gasteiger partial charge in [0.2, 0.25) is 5.91 Å². The molecule has 0 unspecified atom stereocenters. The summed E-state index contributed by atoms with van der Waals surface area (Å²) in [7, 11) is 0. The lowest BCUT2D eigenvalue weighted by Gasteiger charge is -2.07. The van der Waals surface area contributed by atoms with Crippen LogP contribution in [0.1, 0.15) is 57.9 Å². The monoisotopic (exact) mass is 328 g/mol. The molecular formula is C16H22Cl2N2O. The fourth-order valence-electron chi connectivity index (χ4n) is 1.95. The minimum absolute atomic E-state index is 0.0536. The van der Waals surface area contributed by atoms with E-state index in [0.29, 0.717) is 22.9 Å². The summed E-state index contributed by atoms with van der Waals surface area (Å²) in [4.78, 5) is 11.7. The molecule has 1 amide bonds. The first kappa shape index (κ1) is 18.0. The third-order valence-electron chi connectivity index (χ3n) is 3.15. The van der Waals surface area contributed by atoms with Crippen molar-refractivity contribution in [3.8, 4) is 0 Å². The summed E-state index contributed by atoms with van der Waals surface area (Å²) >= 11 is 12.0. The Balaban J connectivity index is 2.61. The minimum atomic E-state index is -0.0536. The van der Waals surface area contributed by atoms with E-state index in [1.807, 2.05) is 13.0 Å². The van der Waals surface area contributed by atoms with Crippen molar-refractivity contribution in [1.29, 1.82) is 0 Å². The quantitative estimate of drug-likeness (QED) is 0.398. The fourth-order valence-corrected chi connectivity index (χ4v) is 2.47. The van der Waals surface area contributed by atoms with E-state index in [9.17, 15) is 4.79 Å². The lowest BCUT2D eigenvalue weighted by Crippen LogP contribution is -2.19. The Bertz CT molecular complexity index is 501. The number of hydrazone groups is 1. The standard InChI is InChI=1S/C16H22Cl2N2O/c1-3-5-6-7-8-16(21)20-19-15(4-2)13-10-9-12(17)11-14(13)18/h9-11H,3-8H2,1-2H3,(H,20,21)/b19-15-. The molecule has 0 spiro atoms. The van der Waals surface area contributed by atoms with Gasteiger partial charge in [-0.2, -0.15) is 5.10 Å². The Hall–Kier alpha value is -1.06. The first-order valence-corrected chi connectivity index (χ1v) is 8.14. The molecule has 1 aromatic rings. The molecule has 0 saturated heterocycles. The molecule has 0 aliphatic carbocycles. The van der Waals surface area contributed by atoms with Crippen LogP contribution in [0.4, 0.5) is 0 Å². The second-order valence-corrected chi connectivity index (χ2v) is 5.73. The molecule has 0 bridgehead atoms. The zero-order valence-electron chi connectivity index (χ0n) is 12.6. The highest BCUT2D eigenvalue weighted by Gasteiger charge is 2.08. The second-order valence-electron chi connectivity index (χ2n) is 4.88. The van der Waals surface area contributed by atoms with Crippen molar-refractivity contribution < 1.29 is 4.79 Å². The van der Waals surface area contributed by atoms with Crippen LogP contribution in [-0.2, 0) is 4.79 Å². The average Bonchev–Trinajstić information content (AvgIpc) is 2.46. The van der Waals surface area contributed by atoms with Crippen molar-refractivity contribution >= 4 is 34.8 Å². The van der Waals surface area contributed by atoms with Crippen molar-refractivity contribution in [2.75, 3.05) is 0 Å². The number of nitrogens with one attached hydrogen (secondary N) is 1. The number of carbonyl (C=O) groups is 1. The Morgan fingerprint density at radius 3 is 2.57 bits per heavy atom. The van der Waals surface area contributed by atoms with E-state index in [4.69, 9.17) is 23.2 Å². The number of halogens is 2. The number of rotatable bonds is 8. The van der Waals surface area contributed by atoms with Gasteiger partial charge in [0.25, 0.3) is 0 Å². The number of unbranched alkanes of at least 4 members (excludes halogenated alkanes) is 3. The molecule has 0 aliphatic heterocycles. The summed E-state index contributed by atoms with van der Waals surface area (Å²) in [5, 5.41) is 5.32. The topological polar surface area (TPSA) is 41.5 Å². The summed E-state index contributed by atoms with van der Waals surface area (Å²) in [5.74, 6) is -0.0536. The predicted molar refractivity (Wildman–Crippen MR) is 90.2 cm³/mol. The number of carbonyl (C=O) groups excluding carboxylic acids is 1. The Morgan fingerprint density at radius 2 is 1.95 bits per heavy atom. The first-order valence-electron chi connectivity index (χ1n) is 7.39. The highest BCUT2D eigenvalue weighted by Crippen LogP contribution is 2.22. The van der Waals surface area contributed by atoms with Gasteiger partial charge in [0, 0.05) is 17.0 Å². The number of amides is 1.